The number of methoxy groups -OCH3 is 2. The Morgan fingerprint density at radius 2 is 1.83 bits per heavy atom. The number of hydrogen-bond acceptors (Lipinski definition) is 4. The molecule has 0 fully saturated rings. The molecule has 1 amide bonds. The van der Waals surface area contributed by atoms with E-state index >= 15 is 0 Å². The maximum absolute atomic E-state index is 11.6. The van der Waals surface area contributed by atoms with Crippen molar-refractivity contribution < 1.29 is 19.4 Å². The lowest BCUT2D eigenvalue weighted by Gasteiger charge is -2.38. The molecule has 3 aromatic rings. The van der Waals surface area contributed by atoms with Crippen molar-refractivity contribution in [1.82, 2.24) is 4.90 Å². The Balaban J connectivity index is 2.02. The first-order valence-electron chi connectivity index (χ1n) is 10.1. The van der Waals surface area contributed by atoms with Crippen LogP contribution in [0.4, 0.5) is 0 Å². The number of hydrogen-bond donors (Lipinski definition) is 1. The van der Waals surface area contributed by atoms with Gasteiger partial charge in [-0.1, -0.05) is 24.3 Å². The summed E-state index contributed by atoms with van der Waals surface area (Å²) in [5, 5.41) is 13.2. The molecule has 156 valence electrons. The van der Waals surface area contributed by atoms with Crippen LogP contribution in [0.25, 0.3) is 21.9 Å². The van der Waals surface area contributed by atoms with Crippen molar-refractivity contribution in [2.45, 2.75) is 39.3 Å². The molecule has 0 aromatic heterocycles. The van der Waals surface area contributed by atoms with Gasteiger partial charge < -0.3 is 19.5 Å². The number of amides is 1. The van der Waals surface area contributed by atoms with E-state index in [0.29, 0.717) is 0 Å². The lowest BCUT2D eigenvalue weighted by Crippen LogP contribution is -2.40. The maximum Gasteiger partial charge on any atom is 0.210 e. The summed E-state index contributed by atoms with van der Waals surface area (Å²) in [7, 11) is 3.29. The summed E-state index contributed by atoms with van der Waals surface area (Å²) in [6.07, 6.45) is 1.60. The lowest BCUT2D eigenvalue weighted by atomic mass is 9.84. The van der Waals surface area contributed by atoms with Crippen LogP contribution < -0.4 is 9.47 Å². The van der Waals surface area contributed by atoms with Crippen molar-refractivity contribution in [1.29, 1.82) is 0 Å². The Bertz CT molecular complexity index is 1140. The third-order valence-corrected chi connectivity index (χ3v) is 6.31. The predicted molar refractivity (Wildman–Crippen MR) is 118 cm³/mol. The summed E-state index contributed by atoms with van der Waals surface area (Å²) in [5.74, 6) is 1.68. The number of aryl methyl sites for hydroxylation is 1. The van der Waals surface area contributed by atoms with E-state index in [1.165, 1.54) is 0 Å². The molecular weight excluding hydrogens is 378 g/mol. The van der Waals surface area contributed by atoms with E-state index in [1.807, 2.05) is 51.1 Å². The van der Waals surface area contributed by atoms with Crippen LogP contribution in [0.5, 0.6) is 17.2 Å². The van der Waals surface area contributed by atoms with Crippen LogP contribution in [0.15, 0.2) is 36.4 Å². The van der Waals surface area contributed by atoms with Gasteiger partial charge in [-0.15, -0.1) is 0 Å². The molecule has 0 saturated heterocycles. The van der Waals surface area contributed by atoms with Gasteiger partial charge in [0.1, 0.15) is 17.2 Å². The number of carbonyl (C=O) groups excluding carboxylic acids is 1. The van der Waals surface area contributed by atoms with E-state index in [1.54, 1.807) is 19.1 Å². The second kappa shape index (κ2) is 7.56. The minimum Gasteiger partial charge on any atom is -0.507 e. The van der Waals surface area contributed by atoms with E-state index < -0.39 is 0 Å². The second-order valence-electron chi connectivity index (χ2n) is 7.97. The highest BCUT2D eigenvalue weighted by molar-refractivity contribution is 6.05. The average Bonchev–Trinajstić information content (AvgIpc) is 2.73. The van der Waals surface area contributed by atoms with Gasteiger partial charge in [-0.25, -0.2) is 0 Å². The third-order valence-electron chi connectivity index (χ3n) is 6.31. The molecular formula is C25H27NO4. The quantitative estimate of drug-likeness (QED) is 0.621. The fourth-order valence-corrected chi connectivity index (χ4v) is 4.88. The van der Waals surface area contributed by atoms with Crippen LogP contribution in [0.2, 0.25) is 0 Å². The normalized spacial score (nSPS) is 18.2. The summed E-state index contributed by atoms with van der Waals surface area (Å²) in [5.41, 5.74) is 4.59. The number of ether oxygens (including phenoxy) is 2. The van der Waals surface area contributed by atoms with E-state index in [0.717, 1.165) is 62.9 Å². The van der Waals surface area contributed by atoms with Crippen LogP contribution >= 0.6 is 0 Å². The Morgan fingerprint density at radius 1 is 1.10 bits per heavy atom. The standard InChI is InChI=1S/C25H27NO4/c1-14-11-21(30-5)24-18(7-6-8-20(24)29-4)22(14)19-10-9-17-12-15(2)26(13-27)16(3)23(17)25(19)28/h6-11,13,15-16,28H,12H2,1-5H3. The number of benzene rings is 3. The summed E-state index contributed by atoms with van der Waals surface area (Å²) >= 11 is 0. The van der Waals surface area contributed by atoms with Crippen LogP contribution in [0.3, 0.4) is 0 Å². The molecule has 2 unspecified atom stereocenters. The fourth-order valence-electron chi connectivity index (χ4n) is 4.88. The van der Waals surface area contributed by atoms with Crippen molar-refractivity contribution in [2.24, 2.45) is 0 Å². The minimum atomic E-state index is -0.194. The van der Waals surface area contributed by atoms with Crippen molar-refractivity contribution in [2.75, 3.05) is 14.2 Å². The maximum atomic E-state index is 11.6. The average molecular weight is 405 g/mol. The monoisotopic (exact) mass is 405 g/mol. The molecule has 1 aliphatic heterocycles. The molecule has 0 bridgehead atoms. The summed E-state index contributed by atoms with van der Waals surface area (Å²) in [4.78, 5) is 13.4. The summed E-state index contributed by atoms with van der Waals surface area (Å²) in [6.45, 7) is 6.01. The predicted octanol–water partition coefficient (Wildman–Crippen LogP) is 5.00. The summed E-state index contributed by atoms with van der Waals surface area (Å²) < 4.78 is 11.2. The number of rotatable bonds is 4. The number of aromatic hydroxyl groups is 1. The van der Waals surface area contributed by atoms with Gasteiger partial charge in [0, 0.05) is 17.2 Å². The highest BCUT2D eigenvalue weighted by atomic mass is 16.5. The van der Waals surface area contributed by atoms with Crippen LogP contribution in [-0.2, 0) is 11.2 Å². The Labute approximate surface area is 176 Å². The van der Waals surface area contributed by atoms with Gasteiger partial charge >= 0.3 is 0 Å². The minimum absolute atomic E-state index is 0.100. The number of carbonyl (C=O) groups is 1. The smallest absolute Gasteiger partial charge is 0.210 e. The first-order chi connectivity index (χ1) is 14.4. The number of fused-ring (bicyclic) bond motifs is 2. The van der Waals surface area contributed by atoms with E-state index in [4.69, 9.17) is 9.47 Å². The van der Waals surface area contributed by atoms with Gasteiger partial charge in [0.25, 0.3) is 0 Å². The zero-order valence-corrected chi connectivity index (χ0v) is 18.0. The molecule has 5 nitrogen and oxygen atoms in total. The number of phenolic OH excluding ortho intramolecular Hbond substituents is 1. The molecule has 1 N–H and O–H groups in total. The lowest BCUT2D eigenvalue weighted by molar-refractivity contribution is -0.122. The fraction of sp³-hybridized carbons (Fsp3) is 0.320. The van der Waals surface area contributed by atoms with Crippen molar-refractivity contribution >= 4 is 17.2 Å². The van der Waals surface area contributed by atoms with Crippen LogP contribution in [0.1, 0.15) is 36.6 Å². The second-order valence-corrected chi connectivity index (χ2v) is 7.97. The van der Waals surface area contributed by atoms with Gasteiger partial charge in [-0.3, -0.25) is 4.79 Å². The largest absolute Gasteiger partial charge is 0.507 e. The molecule has 0 spiro atoms. The van der Waals surface area contributed by atoms with E-state index in [2.05, 4.69) is 6.07 Å². The van der Waals surface area contributed by atoms with E-state index in [-0.39, 0.29) is 17.8 Å². The highest BCUT2D eigenvalue weighted by Gasteiger charge is 2.32. The highest BCUT2D eigenvalue weighted by Crippen LogP contribution is 2.48. The molecule has 3 aromatic carbocycles. The Kier molecular flexibility index (Phi) is 5.06. The first-order valence-corrected chi connectivity index (χ1v) is 10.1. The van der Waals surface area contributed by atoms with Crippen LogP contribution in [0, 0.1) is 6.92 Å². The van der Waals surface area contributed by atoms with Gasteiger partial charge in [-0.05, 0) is 61.4 Å². The molecule has 4 rings (SSSR count). The topological polar surface area (TPSA) is 59.0 Å². The Hall–Kier alpha value is -3.21. The zero-order valence-electron chi connectivity index (χ0n) is 18.0. The van der Waals surface area contributed by atoms with Gasteiger partial charge in [0.05, 0.1) is 25.6 Å². The molecule has 30 heavy (non-hydrogen) atoms. The zero-order chi connectivity index (χ0) is 21.6. The van der Waals surface area contributed by atoms with E-state index in [9.17, 15) is 9.90 Å². The molecule has 2 atom stereocenters. The van der Waals surface area contributed by atoms with Crippen molar-refractivity contribution in [3.8, 4) is 28.4 Å². The molecule has 1 heterocycles. The van der Waals surface area contributed by atoms with Crippen molar-refractivity contribution in [3.05, 3.63) is 53.1 Å². The first kappa shape index (κ1) is 20.1. The molecule has 5 heteroatoms. The molecule has 0 aliphatic carbocycles. The number of phenols is 1. The van der Waals surface area contributed by atoms with Gasteiger partial charge in [-0.2, -0.15) is 0 Å². The SMILES string of the molecule is COc1cccc2c(-c3ccc4c(c3O)C(C)N(C=O)C(C)C4)c(C)cc(OC)c12. The van der Waals surface area contributed by atoms with Crippen molar-refractivity contribution in [3.63, 3.8) is 0 Å². The molecule has 1 aliphatic rings. The third kappa shape index (κ3) is 2.88. The van der Waals surface area contributed by atoms with Gasteiger partial charge in [0.2, 0.25) is 6.41 Å². The van der Waals surface area contributed by atoms with Gasteiger partial charge in [0.15, 0.2) is 0 Å². The number of nitrogens with zero attached hydrogens (tertiary/aromatic N) is 1. The Morgan fingerprint density at radius 3 is 2.50 bits per heavy atom. The summed E-state index contributed by atoms with van der Waals surface area (Å²) in [6, 6.07) is 11.8. The molecule has 0 radical (unpaired) electrons. The molecule has 0 saturated carbocycles. The van der Waals surface area contributed by atoms with Crippen LogP contribution in [-0.4, -0.2) is 36.7 Å².